The zero-order chi connectivity index (χ0) is 12.0. The fourth-order valence-corrected chi connectivity index (χ4v) is 2.86. The first-order chi connectivity index (χ1) is 7.67. The molecule has 0 amide bonds. The van der Waals surface area contributed by atoms with Crippen LogP contribution in [0.2, 0.25) is 0 Å². The second kappa shape index (κ2) is 7.29. The van der Waals surface area contributed by atoms with Crippen LogP contribution in [0.25, 0.3) is 0 Å². The van der Waals surface area contributed by atoms with Crippen molar-refractivity contribution >= 4 is 0 Å². The first kappa shape index (κ1) is 14.0. The molecule has 0 aromatic rings. The summed E-state index contributed by atoms with van der Waals surface area (Å²) in [5.41, 5.74) is 0. The number of hydrogen-bond acceptors (Lipinski definition) is 2. The van der Waals surface area contributed by atoms with Crippen molar-refractivity contribution in [3.05, 3.63) is 0 Å². The topological polar surface area (TPSA) is 32.3 Å². The molecule has 1 fully saturated rings. The highest BCUT2D eigenvalue weighted by molar-refractivity contribution is 4.78. The van der Waals surface area contributed by atoms with Crippen LogP contribution < -0.4 is 5.32 Å². The molecule has 1 saturated carbocycles. The van der Waals surface area contributed by atoms with Crippen LogP contribution >= 0.6 is 0 Å². The minimum absolute atomic E-state index is 0.268. The van der Waals surface area contributed by atoms with Crippen LogP contribution in [0.1, 0.15) is 59.3 Å². The lowest BCUT2D eigenvalue weighted by Gasteiger charge is -2.27. The molecule has 16 heavy (non-hydrogen) atoms. The molecule has 0 radical (unpaired) electrons. The Labute approximate surface area is 101 Å². The molecule has 2 N–H and O–H groups in total. The van der Waals surface area contributed by atoms with Gasteiger partial charge < -0.3 is 10.4 Å². The summed E-state index contributed by atoms with van der Waals surface area (Å²) in [6, 6.07) is 0.829. The third kappa shape index (κ3) is 4.42. The van der Waals surface area contributed by atoms with Crippen molar-refractivity contribution in [3.8, 4) is 0 Å². The second-order valence-electron chi connectivity index (χ2n) is 5.63. The van der Waals surface area contributed by atoms with Crippen LogP contribution in [0.3, 0.4) is 0 Å². The monoisotopic (exact) mass is 227 g/mol. The van der Waals surface area contributed by atoms with E-state index in [2.05, 4.69) is 26.1 Å². The van der Waals surface area contributed by atoms with Gasteiger partial charge in [-0.3, -0.25) is 0 Å². The van der Waals surface area contributed by atoms with Crippen LogP contribution in [0.5, 0.6) is 0 Å². The normalized spacial score (nSPS) is 23.2. The molecule has 3 atom stereocenters. The molecule has 1 aliphatic rings. The van der Waals surface area contributed by atoms with E-state index in [1.54, 1.807) is 0 Å². The third-order valence-corrected chi connectivity index (χ3v) is 4.19. The van der Waals surface area contributed by atoms with Crippen LogP contribution in [0, 0.1) is 11.8 Å². The Morgan fingerprint density at radius 3 is 2.38 bits per heavy atom. The largest absolute Gasteiger partial charge is 0.395 e. The van der Waals surface area contributed by atoms with Crippen molar-refractivity contribution in [3.63, 3.8) is 0 Å². The Balaban J connectivity index is 2.27. The predicted molar refractivity (Wildman–Crippen MR) is 69.5 cm³/mol. The van der Waals surface area contributed by atoms with Crippen LogP contribution in [-0.2, 0) is 0 Å². The van der Waals surface area contributed by atoms with E-state index in [1.165, 1.54) is 32.1 Å². The van der Waals surface area contributed by atoms with Gasteiger partial charge in [0.1, 0.15) is 0 Å². The lowest BCUT2D eigenvalue weighted by Crippen LogP contribution is -2.43. The smallest absolute Gasteiger partial charge is 0.0587 e. The molecule has 0 aromatic heterocycles. The van der Waals surface area contributed by atoms with Gasteiger partial charge in [0.25, 0.3) is 0 Å². The zero-order valence-electron chi connectivity index (χ0n) is 11.2. The Morgan fingerprint density at radius 2 is 1.88 bits per heavy atom. The summed E-state index contributed by atoms with van der Waals surface area (Å²) in [4.78, 5) is 0. The number of aliphatic hydroxyl groups is 1. The molecule has 2 nitrogen and oxygen atoms in total. The summed E-state index contributed by atoms with van der Waals surface area (Å²) < 4.78 is 0. The maximum absolute atomic E-state index is 9.37. The highest BCUT2D eigenvalue weighted by Crippen LogP contribution is 2.28. The van der Waals surface area contributed by atoms with Gasteiger partial charge >= 0.3 is 0 Å². The van der Waals surface area contributed by atoms with Gasteiger partial charge in [-0.1, -0.05) is 46.0 Å². The van der Waals surface area contributed by atoms with Gasteiger partial charge in [-0.25, -0.2) is 0 Å². The average Bonchev–Trinajstić information content (AvgIpc) is 2.77. The highest BCUT2D eigenvalue weighted by Gasteiger charge is 2.21. The number of hydrogen-bond donors (Lipinski definition) is 2. The molecule has 3 unspecified atom stereocenters. The van der Waals surface area contributed by atoms with E-state index < -0.39 is 0 Å². The summed E-state index contributed by atoms with van der Waals surface area (Å²) in [5.74, 6) is 1.50. The molecule has 0 aliphatic heterocycles. The lowest BCUT2D eigenvalue weighted by molar-refractivity contribution is 0.186. The van der Waals surface area contributed by atoms with E-state index in [0.717, 1.165) is 12.3 Å². The standard InChI is InChI=1S/C14H29NO/c1-4-11(2)14(10-16)15-12(3)9-13-7-5-6-8-13/h11-16H,4-10H2,1-3H3. The SMILES string of the molecule is CCC(C)C(CO)NC(C)CC1CCCC1. The molecule has 0 aromatic carbocycles. The van der Waals surface area contributed by atoms with Gasteiger partial charge in [0.2, 0.25) is 0 Å². The molecule has 2 heteroatoms. The Morgan fingerprint density at radius 1 is 1.25 bits per heavy atom. The predicted octanol–water partition coefficient (Wildman–Crippen LogP) is 2.95. The van der Waals surface area contributed by atoms with Crippen molar-refractivity contribution < 1.29 is 5.11 Å². The van der Waals surface area contributed by atoms with E-state index in [1.807, 2.05) is 0 Å². The van der Waals surface area contributed by atoms with E-state index in [9.17, 15) is 5.11 Å². The Bertz CT molecular complexity index is 178. The molecular formula is C14H29NO. The van der Waals surface area contributed by atoms with Crippen LogP contribution in [0.4, 0.5) is 0 Å². The minimum atomic E-state index is 0.268. The third-order valence-electron chi connectivity index (χ3n) is 4.19. The zero-order valence-corrected chi connectivity index (χ0v) is 11.2. The van der Waals surface area contributed by atoms with Crippen LogP contribution in [-0.4, -0.2) is 23.8 Å². The first-order valence-corrected chi connectivity index (χ1v) is 7.04. The average molecular weight is 227 g/mol. The highest BCUT2D eigenvalue weighted by atomic mass is 16.3. The molecule has 0 bridgehead atoms. The van der Waals surface area contributed by atoms with E-state index in [0.29, 0.717) is 12.0 Å². The fraction of sp³-hybridized carbons (Fsp3) is 1.00. The van der Waals surface area contributed by atoms with Gasteiger partial charge in [-0.05, 0) is 25.2 Å². The number of rotatable bonds is 7. The van der Waals surface area contributed by atoms with Crippen molar-refractivity contribution in [1.29, 1.82) is 0 Å². The van der Waals surface area contributed by atoms with Crippen molar-refractivity contribution in [1.82, 2.24) is 5.32 Å². The van der Waals surface area contributed by atoms with Crippen molar-refractivity contribution in [2.24, 2.45) is 11.8 Å². The van der Waals surface area contributed by atoms with Gasteiger partial charge in [0.05, 0.1) is 6.61 Å². The number of aliphatic hydroxyl groups excluding tert-OH is 1. The fourth-order valence-electron chi connectivity index (χ4n) is 2.86. The molecule has 0 saturated heterocycles. The quantitative estimate of drug-likeness (QED) is 0.701. The van der Waals surface area contributed by atoms with Crippen molar-refractivity contribution in [2.45, 2.75) is 71.4 Å². The maximum atomic E-state index is 9.37. The van der Waals surface area contributed by atoms with E-state index in [4.69, 9.17) is 0 Å². The summed E-state index contributed by atoms with van der Waals surface area (Å²) in [7, 11) is 0. The summed E-state index contributed by atoms with van der Waals surface area (Å²) in [6.45, 7) is 6.94. The van der Waals surface area contributed by atoms with E-state index >= 15 is 0 Å². The first-order valence-electron chi connectivity index (χ1n) is 7.04. The second-order valence-corrected chi connectivity index (χ2v) is 5.63. The van der Waals surface area contributed by atoms with Gasteiger partial charge in [0, 0.05) is 12.1 Å². The van der Waals surface area contributed by atoms with Gasteiger partial charge in [-0.15, -0.1) is 0 Å². The molecular weight excluding hydrogens is 198 g/mol. The summed E-state index contributed by atoms with van der Waals surface area (Å²) in [5, 5.41) is 13.0. The Hall–Kier alpha value is -0.0800. The van der Waals surface area contributed by atoms with E-state index in [-0.39, 0.29) is 12.6 Å². The van der Waals surface area contributed by atoms with Gasteiger partial charge in [0.15, 0.2) is 0 Å². The maximum Gasteiger partial charge on any atom is 0.0587 e. The minimum Gasteiger partial charge on any atom is -0.395 e. The molecule has 1 rings (SSSR count). The lowest BCUT2D eigenvalue weighted by atomic mass is 9.95. The molecule has 0 spiro atoms. The molecule has 0 heterocycles. The molecule has 1 aliphatic carbocycles. The van der Waals surface area contributed by atoms with Crippen LogP contribution in [0.15, 0.2) is 0 Å². The molecule has 96 valence electrons. The summed E-state index contributed by atoms with van der Waals surface area (Å²) in [6.07, 6.45) is 8.10. The Kier molecular flexibility index (Phi) is 6.37. The summed E-state index contributed by atoms with van der Waals surface area (Å²) >= 11 is 0. The number of nitrogens with one attached hydrogen (secondary N) is 1. The van der Waals surface area contributed by atoms with Crippen molar-refractivity contribution in [2.75, 3.05) is 6.61 Å². The van der Waals surface area contributed by atoms with Gasteiger partial charge in [-0.2, -0.15) is 0 Å².